The van der Waals surface area contributed by atoms with E-state index in [9.17, 15) is 4.79 Å². The van der Waals surface area contributed by atoms with E-state index in [1.807, 2.05) is 23.0 Å². The molecule has 13 heavy (non-hydrogen) atoms. The van der Waals surface area contributed by atoms with E-state index in [0.29, 0.717) is 17.4 Å². The van der Waals surface area contributed by atoms with Crippen LogP contribution in [0.15, 0.2) is 34.8 Å². The van der Waals surface area contributed by atoms with E-state index < -0.39 is 0 Å². The summed E-state index contributed by atoms with van der Waals surface area (Å²) >= 11 is 5.96. The van der Waals surface area contributed by atoms with Crippen molar-refractivity contribution in [1.82, 2.24) is 9.80 Å². The van der Waals surface area contributed by atoms with Gasteiger partial charge < -0.3 is 9.80 Å². The van der Waals surface area contributed by atoms with Crippen LogP contribution >= 0.6 is 11.6 Å². The Hall–Kier alpha value is -1.22. The van der Waals surface area contributed by atoms with Gasteiger partial charge in [0.05, 0.1) is 12.4 Å². The molecule has 0 atom stereocenters. The quantitative estimate of drug-likeness (QED) is 0.466. The Morgan fingerprint density at radius 3 is 3.00 bits per heavy atom. The lowest BCUT2D eigenvalue weighted by molar-refractivity contribution is -0.104. The maximum Gasteiger partial charge on any atom is 0.152 e. The molecule has 2 aliphatic heterocycles. The zero-order valence-corrected chi connectivity index (χ0v) is 7.95. The summed E-state index contributed by atoms with van der Waals surface area (Å²) in [5.41, 5.74) is 1.55. The van der Waals surface area contributed by atoms with Crippen molar-refractivity contribution >= 4 is 17.9 Å². The molecule has 0 fully saturated rings. The Bertz CT molecular complexity index is 344. The van der Waals surface area contributed by atoms with E-state index in [1.54, 1.807) is 12.2 Å². The first-order chi connectivity index (χ1) is 6.22. The summed E-state index contributed by atoms with van der Waals surface area (Å²) < 4.78 is 0. The Morgan fingerprint density at radius 2 is 2.31 bits per heavy atom. The molecule has 2 aliphatic rings. The predicted molar refractivity (Wildman–Crippen MR) is 50.6 cm³/mol. The first-order valence-electron chi connectivity index (χ1n) is 3.95. The second kappa shape index (κ2) is 2.92. The highest BCUT2D eigenvalue weighted by atomic mass is 35.5. The fraction of sp³-hybridized carbons (Fsp3) is 0.222. The van der Waals surface area contributed by atoms with E-state index in [-0.39, 0.29) is 0 Å². The lowest BCUT2D eigenvalue weighted by atomic mass is 10.1. The standard InChI is InChI=1S/C9H9ClN2O/c1-11-4-8-7(5-13)2-3-9(10)12(8)6-11/h2-5H,6H2,1H3. The van der Waals surface area contributed by atoms with Gasteiger partial charge in [-0.1, -0.05) is 11.6 Å². The van der Waals surface area contributed by atoms with Gasteiger partial charge in [-0.2, -0.15) is 0 Å². The second-order valence-corrected chi connectivity index (χ2v) is 3.46. The summed E-state index contributed by atoms with van der Waals surface area (Å²) in [6.07, 6.45) is 6.23. The fourth-order valence-electron chi connectivity index (χ4n) is 1.47. The third kappa shape index (κ3) is 1.25. The number of halogens is 1. The van der Waals surface area contributed by atoms with Crippen LogP contribution in [0.5, 0.6) is 0 Å². The molecular formula is C9H9ClN2O. The highest BCUT2D eigenvalue weighted by Gasteiger charge is 2.25. The first kappa shape index (κ1) is 8.38. The molecule has 3 nitrogen and oxygen atoms in total. The Kier molecular flexibility index (Phi) is 1.88. The van der Waals surface area contributed by atoms with Crippen LogP contribution in [-0.2, 0) is 4.79 Å². The van der Waals surface area contributed by atoms with Crippen LogP contribution in [0, 0.1) is 0 Å². The molecular weight excluding hydrogens is 188 g/mol. The molecule has 0 aromatic rings. The number of aldehydes is 1. The molecule has 0 radical (unpaired) electrons. The van der Waals surface area contributed by atoms with Crippen molar-refractivity contribution in [2.24, 2.45) is 0 Å². The van der Waals surface area contributed by atoms with E-state index in [4.69, 9.17) is 11.6 Å². The van der Waals surface area contributed by atoms with Crippen LogP contribution in [0.4, 0.5) is 0 Å². The summed E-state index contributed by atoms with van der Waals surface area (Å²) in [5.74, 6) is 0. The SMILES string of the molecule is CN1C=C2C(C=O)=CC=C(Cl)N2C1. The van der Waals surface area contributed by atoms with Gasteiger partial charge in [0.2, 0.25) is 0 Å². The topological polar surface area (TPSA) is 23.6 Å². The zero-order chi connectivity index (χ0) is 9.42. The first-order valence-corrected chi connectivity index (χ1v) is 4.33. The Balaban J connectivity index is 2.43. The monoisotopic (exact) mass is 196 g/mol. The van der Waals surface area contributed by atoms with Gasteiger partial charge in [-0.3, -0.25) is 4.79 Å². The number of nitrogens with zero attached hydrogens (tertiary/aromatic N) is 2. The summed E-state index contributed by atoms with van der Waals surface area (Å²) in [6, 6.07) is 0. The van der Waals surface area contributed by atoms with Crippen molar-refractivity contribution < 1.29 is 4.79 Å². The summed E-state index contributed by atoms with van der Waals surface area (Å²) in [6.45, 7) is 0.704. The minimum Gasteiger partial charge on any atom is -0.361 e. The van der Waals surface area contributed by atoms with E-state index >= 15 is 0 Å². The van der Waals surface area contributed by atoms with Crippen molar-refractivity contribution in [3.63, 3.8) is 0 Å². The largest absolute Gasteiger partial charge is 0.361 e. The van der Waals surface area contributed by atoms with Crippen LogP contribution < -0.4 is 0 Å². The maximum absolute atomic E-state index is 10.7. The van der Waals surface area contributed by atoms with E-state index in [0.717, 1.165) is 12.0 Å². The van der Waals surface area contributed by atoms with Gasteiger partial charge in [-0.15, -0.1) is 0 Å². The van der Waals surface area contributed by atoms with Crippen molar-refractivity contribution in [2.45, 2.75) is 0 Å². The highest BCUT2D eigenvalue weighted by molar-refractivity contribution is 6.29. The molecule has 4 heteroatoms. The molecule has 2 rings (SSSR count). The number of hydrogen-bond acceptors (Lipinski definition) is 3. The minimum absolute atomic E-state index is 0.654. The normalized spacial score (nSPS) is 20.6. The molecule has 0 saturated heterocycles. The molecule has 0 spiro atoms. The van der Waals surface area contributed by atoms with Crippen LogP contribution in [0.25, 0.3) is 0 Å². The third-order valence-electron chi connectivity index (χ3n) is 2.08. The van der Waals surface area contributed by atoms with Crippen molar-refractivity contribution in [1.29, 1.82) is 0 Å². The lowest BCUT2D eigenvalue weighted by Crippen LogP contribution is -2.24. The van der Waals surface area contributed by atoms with Crippen molar-refractivity contribution in [2.75, 3.05) is 13.7 Å². The van der Waals surface area contributed by atoms with Gasteiger partial charge in [-0.05, 0) is 12.2 Å². The lowest BCUT2D eigenvalue weighted by Gasteiger charge is -2.23. The van der Waals surface area contributed by atoms with Crippen molar-refractivity contribution in [3.05, 3.63) is 34.8 Å². The highest BCUT2D eigenvalue weighted by Crippen LogP contribution is 2.30. The maximum atomic E-state index is 10.7. The molecule has 0 aromatic heterocycles. The molecule has 0 saturated carbocycles. The van der Waals surface area contributed by atoms with Crippen LogP contribution in [0.2, 0.25) is 0 Å². The number of allylic oxidation sites excluding steroid dienone is 3. The summed E-state index contributed by atoms with van der Waals surface area (Å²) in [7, 11) is 1.94. The Morgan fingerprint density at radius 1 is 1.54 bits per heavy atom. The molecule has 2 heterocycles. The zero-order valence-electron chi connectivity index (χ0n) is 7.20. The molecule has 0 aromatic carbocycles. The van der Waals surface area contributed by atoms with Crippen LogP contribution in [0.3, 0.4) is 0 Å². The van der Waals surface area contributed by atoms with Gasteiger partial charge in [0.25, 0.3) is 0 Å². The van der Waals surface area contributed by atoms with E-state index in [1.165, 1.54) is 0 Å². The van der Waals surface area contributed by atoms with E-state index in [2.05, 4.69) is 0 Å². The number of rotatable bonds is 1. The summed E-state index contributed by atoms with van der Waals surface area (Å²) in [5, 5.41) is 0.654. The number of fused-ring (bicyclic) bond motifs is 1. The van der Waals surface area contributed by atoms with Gasteiger partial charge in [-0.25, -0.2) is 0 Å². The molecule has 0 bridgehead atoms. The van der Waals surface area contributed by atoms with Gasteiger partial charge in [0, 0.05) is 18.8 Å². The van der Waals surface area contributed by atoms with Gasteiger partial charge >= 0.3 is 0 Å². The van der Waals surface area contributed by atoms with Crippen molar-refractivity contribution in [3.8, 4) is 0 Å². The average Bonchev–Trinajstić information content (AvgIpc) is 2.48. The molecule has 0 aliphatic carbocycles. The molecule has 0 N–H and O–H groups in total. The summed E-state index contributed by atoms with van der Waals surface area (Å²) in [4.78, 5) is 14.6. The number of carbonyl (C=O) groups excluding carboxylic acids is 1. The molecule has 68 valence electrons. The number of carbonyl (C=O) groups is 1. The molecule has 0 amide bonds. The third-order valence-corrected chi connectivity index (χ3v) is 2.41. The average molecular weight is 197 g/mol. The predicted octanol–water partition coefficient (Wildman–Crippen LogP) is 1.25. The Labute approximate surface area is 81.6 Å². The second-order valence-electron chi connectivity index (χ2n) is 3.07. The van der Waals surface area contributed by atoms with Gasteiger partial charge in [0.15, 0.2) is 6.29 Å². The molecule has 0 unspecified atom stereocenters. The van der Waals surface area contributed by atoms with Crippen LogP contribution in [-0.4, -0.2) is 29.8 Å². The van der Waals surface area contributed by atoms with Gasteiger partial charge in [0.1, 0.15) is 5.16 Å². The minimum atomic E-state index is 0.654. The van der Waals surface area contributed by atoms with Crippen LogP contribution in [0.1, 0.15) is 0 Å². The smallest absolute Gasteiger partial charge is 0.152 e. The fourth-order valence-corrected chi connectivity index (χ4v) is 1.67. The number of hydrogen-bond donors (Lipinski definition) is 0.